The minimum atomic E-state index is -0.788. The topological polar surface area (TPSA) is 122 Å². The van der Waals surface area contributed by atoms with E-state index in [1.54, 1.807) is 0 Å². The SMILES string of the molecule is C=CC(=O)Oc1cc(C=CC(=O)c2cc(OC(=O)C=C)cc(OC(=O)C=C)c2)cc(OC(=O)C=C)c1. The Kier molecular flexibility index (Phi) is 9.58. The lowest BCUT2D eigenvalue weighted by Gasteiger charge is -2.08. The second-order valence-electron chi connectivity index (χ2n) is 6.63. The Morgan fingerprint density at radius 2 is 0.861 bits per heavy atom. The van der Waals surface area contributed by atoms with Gasteiger partial charge in [0.25, 0.3) is 0 Å². The number of ether oxygens (including phenoxy) is 4. The lowest BCUT2D eigenvalue weighted by molar-refractivity contribution is -0.130. The molecule has 182 valence electrons. The monoisotopic (exact) mass is 488 g/mol. The molecule has 0 N–H and O–H groups in total. The highest BCUT2D eigenvalue weighted by molar-refractivity contribution is 6.07. The third-order valence-corrected chi connectivity index (χ3v) is 4.03. The van der Waals surface area contributed by atoms with Gasteiger partial charge in [0, 0.05) is 42.0 Å². The molecule has 0 amide bonds. The highest BCUT2D eigenvalue weighted by Gasteiger charge is 2.13. The lowest BCUT2D eigenvalue weighted by Crippen LogP contribution is -2.07. The molecule has 0 fully saturated rings. The van der Waals surface area contributed by atoms with Gasteiger partial charge in [0.2, 0.25) is 0 Å². The summed E-state index contributed by atoms with van der Waals surface area (Å²) >= 11 is 0. The molecule has 0 atom stereocenters. The van der Waals surface area contributed by atoms with E-state index >= 15 is 0 Å². The summed E-state index contributed by atoms with van der Waals surface area (Å²) in [7, 11) is 0. The summed E-state index contributed by atoms with van der Waals surface area (Å²) in [5.74, 6) is -3.73. The van der Waals surface area contributed by atoms with Crippen LogP contribution in [0.4, 0.5) is 0 Å². The molecule has 0 aliphatic rings. The zero-order chi connectivity index (χ0) is 26.7. The van der Waals surface area contributed by atoms with Crippen LogP contribution >= 0.6 is 0 Å². The van der Waals surface area contributed by atoms with Gasteiger partial charge in [-0.3, -0.25) is 4.79 Å². The molecule has 2 rings (SSSR count). The van der Waals surface area contributed by atoms with E-state index in [1.165, 1.54) is 42.5 Å². The van der Waals surface area contributed by atoms with Crippen LogP contribution in [-0.4, -0.2) is 29.7 Å². The van der Waals surface area contributed by atoms with Crippen molar-refractivity contribution in [3.8, 4) is 23.0 Å². The Hall–Kier alpha value is -5.31. The van der Waals surface area contributed by atoms with Crippen LogP contribution in [0.15, 0.2) is 93.1 Å². The summed E-state index contributed by atoms with van der Waals surface area (Å²) < 4.78 is 20.2. The van der Waals surface area contributed by atoms with Crippen LogP contribution in [0.25, 0.3) is 6.08 Å². The number of ketones is 1. The number of carbonyl (C=O) groups excluding carboxylic acids is 5. The molecule has 9 heteroatoms. The first-order valence-corrected chi connectivity index (χ1v) is 10.1. The molecular formula is C27H20O9. The average molecular weight is 488 g/mol. The van der Waals surface area contributed by atoms with Crippen molar-refractivity contribution in [2.24, 2.45) is 0 Å². The summed E-state index contributed by atoms with van der Waals surface area (Å²) in [5.41, 5.74) is 0.345. The number of benzene rings is 2. The molecule has 36 heavy (non-hydrogen) atoms. The van der Waals surface area contributed by atoms with Gasteiger partial charge in [-0.25, -0.2) is 19.2 Å². The van der Waals surface area contributed by atoms with E-state index in [9.17, 15) is 24.0 Å². The smallest absolute Gasteiger partial charge is 0.335 e. The molecule has 0 bridgehead atoms. The molecule has 0 unspecified atom stereocenters. The first-order chi connectivity index (χ1) is 17.2. The van der Waals surface area contributed by atoms with Gasteiger partial charge in [-0.2, -0.15) is 0 Å². The third kappa shape index (κ3) is 8.23. The number of esters is 4. The molecule has 2 aromatic rings. The van der Waals surface area contributed by atoms with Crippen LogP contribution in [0.5, 0.6) is 23.0 Å². The number of hydrogen-bond donors (Lipinski definition) is 0. The van der Waals surface area contributed by atoms with Crippen molar-refractivity contribution in [1.29, 1.82) is 0 Å². The Labute approximate surface area is 206 Å². The fraction of sp³-hybridized carbons (Fsp3) is 0. The van der Waals surface area contributed by atoms with Crippen LogP contribution in [0, 0.1) is 0 Å². The summed E-state index contributed by atoms with van der Waals surface area (Å²) in [6.45, 7) is 13.2. The molecule has 0 aromatic heterocycles. The van der Waals surface area contributed by atoms with Gasteiger partial charge in [0.1, 0.15) is 23.0 Å². The Bertz CT molecular complexity index is 1220. The maximum atomic E-state index is 12.8. The molecule has 0 saturated heterocycles. The largest absolute Gasteiger partial charge is 0.423 e. The second kappa shape index (κ2) is 12.8. The van der Waals surface area contributed by atoms with Crippen LogP contribution in [-0.2, 0) is 19.2 Å². The normalized spacial score (nSPS) is 10.0. The van der Waals surface area contributed by atoms with E-state index in [0.717, 1.165) is 30.4 Å². The van der Waals surface area contributed by atoms with Crippen molar-refractivity contribution in [2.45, 2.75) is 0 Å². The Morgan fingerprint density at radius 3 is 1.19 bits per heavy atom. The van der Waals surface area contributed by atoms with Crippen LogP contribution in [0.2, 0.25) is 0 Å². The predicted octanol–water partition coefficient (Wildman–Crippen LogP) is 3.95. The second-order valence-corrected chi connectivity index (χ2v) is 6.63. The summed E-state index contributed by atoms with van der Waals surface area (Å²) in [5, 5.41) is 0. The first kappa shape index (κ1) is 26.9. The van der Waals surface area contributed by atoms with Crippen molar-refractivity contribution in [1.82, 2.24) is 0 Å². The maximum Gasteiger partial charge on any atom is 0.335 e. The van der Waals surface area contributed by atoms with Crippen molar-refractivity contribution >= 4 is 35.7 Å². The average Bonchev–Trinajstić information content (AvgIpc) is 2.86. The van der Waals surface area contributed by atoms with E-state index in [1.807, 2.05) is 0 Å². The summed E-state index contributed by atoms with van der Waals surface area (Å²) in [4.78, 5) is 59.1. The molecule has 9 nitrogen and oxygen atoms in total. The molecule has 2 aromatic carbocycles. The molecule has 0 heterocycles. The van der Waals surface area contributed by atoms with Gasteiger partial charge in [-0.1, -0.05) is 32.4 Å². The zero-order valence-corrected chi connectivity index (χ0v) is 18.9. The highest BCUT2D eigenvalue weighted by Crippen LogP contribution is 2.26. The summed E-state index contributed by atoms with van der Waals surface area (Å²) in [6.07, 6.45) is 6.26. The van der Waals surface area contributed by atoms with Crippen LogP contribution in [0.1, 0.15) is 15.9 Å². The predicted molar refractivity (Wildman–Crippen MR) is 130 cm³/mol. The van der Waals surface area contributed by atoms with Gasteiger partial charge in [-0.05, 0) is 35.9 Å². The fourth-order valence-corrected chi connectivity index (χ4v) is 2.54. The van der Waals surface area contributed by atoms with E-state index in [0.29, 0.717) is 5.56 Å². The quantitative estimate of drug-likeness (QED) is 0.200. The lowest BCUT2D eigenvalue weighted by atomic mass is 10.1. The fourth-order valence-electron chi connectivity index (χ4n) is 2.54. The van der Waals surface area contributed by atoms with Crippen molar-refractivity contribution in [3.05, 3.63) is 104 Å². The highest BCUT2D eigenvalue weighted by atomic mass is 16.6. The van der Waals surface area contributed by atoms with Gasteiger partial charge >= 0.3 is 23.9 Å². The summed E-state index contributed by atoms with van der Waals surface area (Å²) in [6, 6.07) is 7.88. The Morgan fingerprint density at radius 1 is 0.528 bits per heavy atom. The zero-order valence-electron chi connectivity index (χ0n) is 18.9. The van der Waals surface area contributed by atoms with Gasteiger partial charge in [0.05, 0.1) is 0 Å². The number of allylic oxidation sites excluding steroid dienone is 1. The molecular weight excluding hydrogens is 468 g/mol. The van der Waals surface area contributed by atoms with E-state index in [2.05, 4.69) is 26.3 Å². The minimum absolute atomic E-state index is 0.0139. The molecule has 0 saturated carbocycles. The van der Waals surface area contributed by atoms with Crippen molar-refractivity contribution in [3.63, 3.8) is 0 Å². The van der Waals surface area contributed by atoms with E-state index in [-0.39, 0.29) is 28.6 Å². The first-order valence-electron chi connectivity index (χ1n) is 10.1. The molecule has 0 radical (unpaired) electrons. The molecule has 0 aliphatic heterocycles. The van der Waals surface area contributed by atoms with Gasteiger partial charge in [-0.15, -0.1) is 0 Å². The van der Waals surface area contributed by atoms with Crippen LogP contribution < -0.4 is 18.9 Å². The van der Waals surface area contributed by atoms with Crippen molar-refractivity contribution < 1.29 is 42.9 Å². The number of carbonyl (C=O) groups is 5. The third-order valence-electron chi connectivity index (χ3n) is 4.03. The van der Waals surface area contributed by atoms with E-state index in [4.69, 9.17) is 18.9 Å². The van der Waals surface area contributed by atoms with Gasteiger partial charge < -0.3 is 18.9 Å². The van der Waals surface area contributed by atoms with Crippen LogP contribution in [0.3, 0.4) is 0 Å². The van der Waals surface area contributed by atoms with E-state index < -0.39 is 29.7 Å². The minimum Gasteiger partial charge on any atom is -0.423 e. The molecule has 0 aliphatic carbocycles. The van der Waals surface area contributed by atoms with Crippen molar-refractivity contribution in [2.75, 3.05) is 0 Å². The standard InChI is InChI=1S/C27H20O9/c1-5-24(29)33-19-11-17(12-20(15-19)34-25(30)6-2)9-10-23(28)18-13-21(35-26(31)7-3)16-22(14-18)36-27(32)8-4/h5-16H,1-4H2. The molecule has 0 spiro atoms. The van der Waals surface area contributed by atoms with Gasteiger partial charge in [0.15, 0.2) is 5.78 Å². The maximum absolute atomic E-state index is 12.8. The Balaban J connectivity index is 2.42. The number of rotatable bonds is 11. The number of hydrogen-bond acceptors (Lipinski definition) is 9.